The third kappa shape index (κ3) is 14.5. The van der Waals surface area contributed by atoms with Gasteiger partial charge in [0, 0.05) is 46.3 Å². The Hall–Kier alpha value is -3.72. The minimum atomic E-state index is -3.88. The lowest BCUT2D eigenvalue weighted by Gasteiger charge is -2.38. The van der Waals surface area contributed by atoms with Crippen molar-refractivity contribution < 1.29 is 35.9 Å². The van der Waals surface area contributed by atoms with E-state index in [0.717, 1.165) is 24.2 Å². The van der Waals surface area contributed by atoms with E-state index in [9.17, 15) is 36.9 Å². The van der Waals surface area contributed by atoms with Crippen molar-refractivity contribution in [3.05, 3.63) is 126 Å². The molecule has 2 amide bonds. The van der Waals surface area contributed by atoms with E-state index in [4.69, 9.17) is 79.1 Å². The van der Waals surface area contributed by atoms with E-state index in [2.05, 4.69) is 46.4 Å². The fraction of sp³-hybridized carbons (Fsp3) is 0.481. The number of nitrogens with one attached hydrogen (secondary N) is 2. The van der Waals surface area contributed by atoms with Gasteiger partial charge in [-0.25, -0.2) is 16.8 Å². The predicted molar refractivity (Wildman–Crippen MR) is 296 cm³/mol. The Morgan fingerprint density at radius 1 is 0.553 bits per heavy atom. The number of halogens is 6. The van der Waals surface area contributed by atoms with Crippen molar-refractivity contribution in [2.45, 2.75) is 122 Å². The SMILES string of the molecule is CCN1CCC(C#N)(NC(=O)[C@@H]2C[C@@H](S(=O)(=O)c3ccc(Cl)cc3Cl)C[C@H]2OCc2ccc(Cl)cc2)CC1.CCN1CCC(C#N)(NC(=O)[C@H]2C[C@H](S(=O)(=O)c3ccc(Cl)cc3Cl)C[C@@H]2OCc2ccc(Cl)cc2)CC1. The average Bonchev–Trinajstić information content (AvgIpc) is 4.06. The summed E-state index contributed by atoms with van der Waals surface area (Å²) in [5.41, 5.74) is -0.276. The van der Waals surface area contributed by atoms with Crippen molar-refractivity contribution in [1.29, 1.82) is 10.5 Å². The third-order valence-corrected chi connectivity index (χ3v) is 21.4. The van der Waals surface area contributed by atoms with Crippen molar-refractivity contribution in [2.75, 3.05) is 39.3 Å². The van der Waals surface area contributed by atoms with Gasteiger partial charge in [-0.1, -0.05) is 108 Å². The molecule has 6 atom stereocenters. The van der Waals surface area contributed by atoms with E-state index in [1.807, 2.05) is 24.3 Å². The minimum Gasteiger partial charge on any atom is -0.373 e. The molecule has 14 nitrogen and oxygen atoms in total. The molecule has 2 aliphatic heterocycles. The highest BCUT2D eigenvalue weighted by molar-refractivity contribution is 7.92. The highest BCUT2D eigenvalue weighted by Gasteiger charge is 2.50. The summed E-state index contributed by atoms with van der Waals surface area (Å²) in [5, 5.41) is 26.0. The van der Waals surface area contributed by atoms with Crippen LogP contribution >= 0.6 is 69.6 Å². The molecule has 4 aromatic carbocycles. The van der Waals surface area contributed by atoms with E-state index in [0.29, 0.717) is 72.0 Å². The van der Waals surface area contributed by atoms with Crippen LogP contribution in [-0.4, -0.2) is 112 Å². The standard InChI is InChI=1S/2C27H30Cl3N3O4S/c2*1-2-33-11-9-27(17-31,10-12-33)32-26(34)22-14-21(38(35,36)25-8-7-20(29)13-23(25)30)15-24(22)37-16-18-3-5-19(28)6-4-18/h2*3-8,13,21-22,24H,2,9-12,14-16H2,1H3,(H,32,34)/t2*21-,22-,24-/m10/s1. The number of amides is 2. The van der Waals surface area contributed by atoms with Crippen LogP contribution in [0.15, 0.2) is 94.7 Å². The van der Waals surface area contributed by atoms with Crippen LogP contribution < -0.4 is 10.6 Å². The van der Waals surface area contributed by atoms with Crippen molar-refractivity contribution in [1.82, 2.24) is 20.4 Å². The van der Waals surface area contributed by atoms with Gasteiger partial charge in [0.05, 0.1) is 79.7 Å². The fourth-order valence-electron chi connectivity index (χ4n) is 10.4. The van der Waals surface area contributed by atoms with Crippen LogP contribution in [0.25, 0.3) is 0 Å². The fourth-order valence-corrected chi connectivity index (χ4v) is 15.8. The summed E-state index contributed by atoms with van der Waals surface area (Å²) < 4.78 is 66.6. The van der Waals surface area contributed by atoms with Crippen molar-refractivity contribution in [3.8, 4) is 12.1 Å². The minimum absolute atomic E-state index is 0.0218. The maximum atomic E-state index is 13.6. The third-order valence-electron chi connectivity index (χ3n) is 15.1. The highest BCUT2D eigenvalue weighted by Crippen LogP contribution is 2.41. The lowest BCUT2D eigenvalue weighted by Crippen LogP contribution is -2.56. The first-order valence-corrected chi connectivity index (χ1v) is 30.5. The molecule has 0 aromatic heterocycles. The number of ether oxygens (including phenoxy) is 2. The Bertz CT molecular complexity index is 2810. The first-order valence-electron chi connectivity index (χ1n) is 25.1. The number of nitrogens with zero attached hydrogens (tertiary/aromatic N) is 4. The van der Waals surface area contributed by atoms with Crippen LogP contribution in [0.1, 0.15) is 76.3 Å². The molecule has 4 aromatic rings. The monoisotopic (exact) mass is 1190 g/mol. The van der Waals surface area contributed by atoms with Crippen LogP contribution in [-0.2, 0) is 52.0 Å². The molecule has 22 heteroatoms. The lowest BCUT2D eigenvalue weighted by molar-refractivity contribution is -0.132. The van der Waals surface area contributed by atoms with E-state index < -0.39 is 65.3 Å². The second-order valence-electron chi connectivity index (χ2n) is 19.8. The zero-order chi connectivity index (χ0) is 55.0. The summed E-state index contributed by atoms with van der Waals surface area (Å²) in [6, 6.07) is 27.4. The van der Waals surface area contributed by atoms with Crippen molar-refractivity contribution in [3.63, 3.8) is 0 Å². The number of piperidine rings is 2. The maximum Gasteiger partial charge on any atom is 0.227 e. The second kappa shape index (κ2) is 26.0. The zero-order valence-corrected chi connectivity index (χ0v) is 48.2. The molecule has 4 fully saturated rings. The Balaban J connectivity index is 0.000000221. The van der Waals surface area contributed by atoms with Gasteiger partial charge in [-0.2, -0.15) is 10.5 Å². The second-order valence-corrected chi connectivity index (χ2v) is 26.8. The highest BCUT2D eigenvalue weighted by atomic mass is 35.5. The number of rotatable bonds is 16. The van der Waals surface area contributed by atoms with Crippen LogP contribution in [0.2, 0.25) is 30.1 Å². The normalized spacial score (nSPS) is 23.6. The molecule has 0 bridgehead atoms. The number of carbonyl (C=O) groups excluding carboxylic acids is 2. The Labute approximate surface area is 476 Å². The number of likely N-dealkylation sites (tertiary alicyclic amines) is 2. The van der Waals surface area contributed by atoms with Gasteiger partial charge >= 0.3 is 0 Å². The summed E-state index contributed by atoms with van der Waals surface area (Å²) >= 11 is 36.4. The largest absolute Gasteiger partial charge is 0.373 e. The lowest BCUT2D eigenvalue weighted by atomic mass is 9.88. The average molecular weight is 1200 g/mol. The zero-order valence-electron chi connectivity index (χ0n) is 42.0. The molecule has 76 heavy (non-hydrogen) atoms. The predicted octanol–water partition coefficient (Wildman–Crippen LogP) is 10.6. The van der Waals surface area contributed by atoms with Crippen molar-refractivity contribution in [2.24, 2.45) is 11.8 Å². The molecule has 2 aliphatic carbocycles. The molecule has 8 rings (SSSR count). The van der Waals surface area contributed by atoms with Gasteiger partial charge in [0.25, 0.3) is 0 Å². The summed E-state index contributed by atoms with van der Waals surface area (Å²) in [6.07, 6.45) is 1.06. The molecule has 2 heterocycles. The molecular weight excluding hydrogens is 1140 g/mol. The topological polar surface area (TPSA) is 199 Å². The van der Waals surface area contributed by atoms with Crippen LogP contribution in [0.5, 0.6) is 0 Å². The van der Waals surface area contributed by atoms with E-state index >= 15 is 0 Å². The molecule has 4 aliphatic rings. The number of sulfone groups is 2. The molecule has 2 saturated heterocycles. The van der Waals surface area contributed by atoms with E-state index in [1.165, 1.54) is 36.4 Å². The summed E-state index contributed by atoms with van der Waals surface area (Å²) in [7, 11) is -7.76. The Morgan fingerprint density at radius 3 is 1.18 bits per heavy atom. The van der Waals surface area contributed by atoms with Gasteiger partial charge in [0.15, 0.2) is 19.7 Å². The number of hydrogen-bond donors (Lipinski definition) is 2. The van der Waals surface area contributed by atoms with Crippen LogP contribution in [0.4, 0.5) is 0 Å². The van der Waals surface area contributed by atoms with Crippen LogP contribution in [0, 0.1) is 34.5 Å². The van der Waals surface area contributed by atoms with E-state index in [1.54, 1.807) is 24.3 Å². The summed E-state index contributed by atoms with van der Waals surface area (Å²) in [5.74, 6) is -2.22. The molecular formula is C54H60Cl6N6O8S2. The smallest absolute Gasteiger partial charge is 0.227 e. The van der Waals surface area contributed by atoms with Gasteiger partial charge < -0.3 is 29.9 Å². The van der Waals surface area contributed by atoms with Gasteiger partial charge in [-0.15, -0.1) is 0 Å². The number of carbonyl (C=O) groups is 2. The quantitative estimate of drug-likeness (QED) is 0.108. The van der Waals surface area contributed by atoms with Gasteiger partial charge in [-0.05, 0) is 136 Å². The molecule has 2 N–H and O–H groups in total. The first-order chi connectivity index (χ1) is 36.1. The molecule has 0 radical (unpaired) electrons. The van der Waals surface area contributed by atoms with Crippen molar-refractivity contribution >= 4 is 101 Å². The molecule has 408 valence electrons. The van der Waals surface area contributed by atoms with Gasteiger partial charge in [0.2, 0.25) is 11.8 Å². The molecule has 0 spiro atoms. The summed E-state index contributed by atoms with van der Waals surface area (Å²) in [4.78, 5) is 31.6. The summed E-state index contributed by atoms with van der Waals surface area (Å²) in [6.45, 7) is 9.09. The Kier molecular flexibility index (Phi) is 20.5. The molecule has 0 unspecified atom stereocenters. The maximum absolute atomic E-state index is 13.6. The first kappa shape index (κ1) is 59.9. The number of nitriles is 2. The number of hydrogen-bond acceptors (Lipinski definition) is 12. The van der Waals surface area contributed by atoms with E-state index in [-0.39, 0.29) is 70.5 Å². The number of benzene rings is 4. The molecule has 2 saturated carbocycles. The van der Waals surface area contributed by atoms with Gasteiger partial charge in [-0.3, -0.25) is 9.59 Å². The van der Waals surface area contributed by atoms with Crippen LogP contribution in [0.3, 0.4) is 0 Å². The Morgan fingerprint density at radius 2 is 0.882 bits per heavy atom. The van der Waals surface area contributed by atoms with Gasteiger partial charge in [0.1, 0.15) is 11.1 Å².